The molecular weight excluding hydrogens is 206 g/mol. The maximum Gasteiger partial charge on any atom is 0.341 e. The van der Waals surface area contributed by atoms with Crippen LogP contribution in [0, 0.1) is 26.2 Å². The Kier molecular flexibility index (Phi) is 3.51. The SMILES string of the molecule is C#CC(C)Oc1cc(C)nc(C)c1C(=O)O. The van der Waals surface area contributed by atoms with Crippen LogP contribution in [0.15, 0.2) is 6.07 Å². The predicted octanol–water partition coefficient (Wildman–Crippen LogP) is 1.80. The molecule has 1 heterocycles. The minimum Gasteiger partial charge on any atom is -0.477 e. The van der Waals surface area contributed by atoms with E-state index >= 15 is 0 Å². The summed E-state index contributed by atoms with van der Waals surface area (Å²) in [4.78, 5) is 15.1. The second kappa shape index (κ2) is 4.67. The number of pyridine rings is 1. The Labute approximate surface area is 94.3 Å². The first-order valence-corrected chi connectivity index (χ1v) is 4.80. The lowest BCUT2D eigenvalue weighted by molar-refractivity contribution is 0.0690. The number of hydrogen-bond acceptors (Lipinski definition) is 3. The maximum atomic E-state index is 11.1. The highest BCUT2D eigenvalue weighted by atomic mass is 16.5. The quantitative estimate of drug-likeness (QED) is 0.787. The molecule has 0 aliphatic carbocycles. The number of aryl methyl sites for hydroxylation is 2. The van der Waals surface area contributed by atoms with Gasteiger partial charge in [-0.1, -0.05) is 5.92 Å². The van der Waals surface area contributed by atoms with Crippen LogP contribution in [0.1, 0.15) is 28.7 Å². The molecule has 0 aliphatic rings. The van der Waals surface area contributed by atoms with Crippen LogP contribution in [0.5, 0.6) is 5.75 Å². The number of ether oxygens (including phenoxy) is 1. The molecule has 1 aromatic rings. The third-order valence-corrected chi connectivity index (χ3v) is 2.04. The molecule has 0 radical (unpaired) electrons. The van der Waals surface area contributed by atoms with E-state index in [1.807, 2.05) is 0 Å². The van der Waals surface area contributed by atoms with E-state index in [4.69, 9.17) is 16.3 Å². The molecule has 0 bridgehead atoms. The Morgan fingerprint density at radius 2 is 2.25 bits per heavy atom. The van der Waals surface area contributed by atoms with Gasteiger partial charge in [-0.3, -0.25) is 4.98 Å². The van der Waals surface area contributed by atoms with E-state index in [0.717, 1.165) is 0 Å². The number of aromatic carboxylic acids is 1. The summed E-state index contributed by atoms with van der Waals surface area (Å²) in [6.45, 7) is 5.08. The van der Waals surface area contributed by atoms with Gasteiger partial charge in [-0.05, 0) is 20.8 Å². The van der Waals surface area contributed by atoms with Crippen LogP contribution in [-0.2, 0) is 0 Å². The summed E-state index contributed by atoms with van der Waals surface area (Å²) in [5, 5.41) is 9.05. The van der Waals surface area contributed by atoms with Crippen molar-refractivity contribution in [3.05, 3.63) is 23.0 Å². The van der Waals surface area contributed by atoms with Crippen molar-refractivity contribution in [2.75, 3.05) is 0 Å². The minimum atomic E-state index is -1.07. The number of carbonyl (C=O) groups is 1. The number of aromatic nitrogens is 1. The molecule has 1 rings (SSSR count). The first-order chi connectivity index (χ1) is 7.45. The zero-order chi connectivity index (χ0) is 12.3. The standard InChI is InChI=1S/C12H13NO3/c1-5-8(3)16-10-6-7(2)13-9(4)11(10)12(14)15/h1,6,8H,2-4H3,(H,14,15). The fourth-order valence-electron chi connectivity index (χ4n) is 1.37. The lowest BCUT2D eigenvalue weighted by Crippen LogP contribution is -2.13. The van der Waals surface area contributed by atoms with E-state index in [9.17, 15) is 4.79 Å². The number of carboxylic acid groups (broad SMARTS) is 1. The highest BCUT2D eigenvalue weighted by Gasteiger charge is 2.17. The number of rotatable bonds is 3. The molecule has 84 valence electrons. The van der Waals surface area contributed by atoms with E-state index < -0.39 is 12.1 Å². The molecule has 0 fully saturated rings. The third-order valence-electron chi connectivity index (χ3n) is 2.04. The van der Waals surface area contributed by atoms with Crippen molar-refractivity contribution < 1.29 is 14.6 Å². The van der Waals surface area contributed by atoms with Gasteiger partial charge in [0.25, 0.3) is 0 Å². The van der Waals surface area contributed by atoms with Crippen molar-refractivity contribution in [2.24, 2.45) is 0 Å². The molecule has 1 atom stereocenters. The van der Waals surface area contributed by atoms with Gasteiger partial charge >= 0.3 is 5.97 Å². The highest BCUT2D eigenvalue weighted by Crippen LogP contribution is 2.23. The molecule has 0 spiro atoms. The zero-order valence-electron chi connectivity index (χ0n) is 9.44. The number of hydrogen-bond donors (Lipinski definition) is 1. The highest BCUT2D eigenvalue weighted by molar-refractivity contribution is 5.92. The minimum absolute atomic E-state index is 0.0627. The van der Waals surface area contributed by atoms with Crippen molar-refractivity contribution in [3.8, 4) is 18.1 Å². The van der Waals surface area contributed by atoms with Gasteiger partial charge in [-0.15, -0.1) is 6.42 Å². The van der Waals surface area contributed by atoms with Gasteiger partial charge in [-0.25, -0.2) is 4.79 Å². The largest absolute Gasteiger partial charge is 0.477 e. The monoisotopic (exact) mass is 219 g/mol. The summed E-state index contributed by atoms with van der Waals surface area (Å²) in [6, 6.07) is 1.57. The molecule has 16 heavy (non-hydrogen) atoms. The van der Waals surface area contributed by atoms with E-state index in [1.165, 1.54) is 0 Å². The van der Waals surface area contributed by atoms with Gasteiger partial charge in [0, 0.05) is 11.8 Å². The lowest BCUT2D eigenvalue weighted by atomic mass is 10.1. The van der Waals surface area contributed by atoms with Gasteiger partial charge in [0.05, 0.1) is 5.69 Å². The Hall–Kier alpha value is -2.02. The summed E-state index contributed by atoms with van der Waals surface area (Å²) < 4.78 is 5.36. The number of nitrogens with zero attached hydrogens (tertiary/aromatic N) is 1. The molecule has 1 N–H and O–H groups in total. The zero-order valence-corrected chi connectivity index (χ0v) is 9.44. The van der Waals surface area contributed by atoms with Crippen LogP contribution in [0.25, 0.3) is 0 Å². The van der Waals surface area contributed by atoms with Gasteiger partial charge in [0.2, 0.25) is 0 Å². The average Bonchev–Trinajstić information content (AvgIpc) is 2.15. The molecule has 0 aliphatic heterocycles. The van der Waals surface area contributed by atoms with Crippen molar-refractivity contribution in [1.29, 1.82) is 0 Å². The first kappa shape index (κ1) is 12.1. The second-order valence-corrected chi connectivity index (χ2v) is 3.45. The van der Waals surface area contributed by atoms with E-state index in [2.05, 4.69) is 10.9 Å². The van der Waals surface area contributed by atoms with Crippen LogP contribution in [-0.4, -0.2) is 22.2 Å². The molecular formula is C12H13NO3. The Morgan fingerprint density at radius 3 is 2.75 bits per heavy atom. The van der Waals surface area contributed by atoms with Crippen LogP contribution in [0.3, 0.4) is 0 Å². The molecule has 4 nitrogen and oxygen atoms in total. The topological polar surface area (TPSA) is 59.4 Å². The van der Waals surface area contributed by atoms with E-state index in [0.29, 0.717) is 11.4 Å². The normalized spacial score (nSPS) is 11.6. The van der Waals surface area contributed by atoms with Crippen molar-refractivity contribution >= 4 is 5.97 Å². The van der Waals surface area contributed by atoms with Crippen molar-refractivity contribution in [3.63, 3.8) is 0 Å². The molecule has 0 aromatic carbocycles. The Morgan fingerprint density at radius 1 is 1.62 bits per heavy atom. The van der Waals surface area contributed by atoms with Gasteiger partial charge in [0.1, 0.15) is 11.3 Å². The molecule has 1 unspecified atom stereocenters. The Balaban J connectivity index is 3.25. The fraction of sp³-hybridized carbons (Fsp3) is 0.333. The van der Waals surface area contributed by atoms with Crippen molar-refractivity contribution in [2.45, 2.75) is 26.9 Å². The van der Waals surface area contributed by atoms with Crippen molar-refractivity contribution in [1.82, 2.24) is 4.98 Å². The maximum absolute atomic E-state index is 11.1. The molecule has 1 aromatic heterocycles. The van der Waals surface area contributed by atoms with Crippen LogP contribution in [0.2, 0.25) is 0 Å². The number of terminal acetylenes is 1. The predicted molar refractivity (Wildman–Crippen MR) is 59.6 cm³/mol. The lowest BCUT2D eigenvalue weighted by Gasteiger charge is -2.13. The van der Waals surface area contributed by atoms with Crippen LogP contribution < -0.4 is 4.74 Å². The molecule has 4 heteroatoms. The fourth-order valence-corrected chi connectivity index (χ4v) is 1.37. The summed E-state index contributed by atoms with van der Waals surface area (Å²) in [5.41, 5.74) is 1.18. The van der Waals surface area contributed by atoms with Crippen LogP contribution in [0.4, 0.5) is 0 Å². The molecule has 0 amide bonds. The first-order valence-electron chi connectivity index (χ1n) is 4.80. The van der Waals surface area contributed by atoms with E-state index in [1.54, 1.807) is 26.8 Å². The molecule has 0 saturated carbocycles. The smallest absolute Gasteiger partial charge is 0.341 e. The summed E-state index contributed by atoms with van der Waals surface area (Å²) in [5.74, 6) is 1.58. The second-order valence-electron chi connectivity index (χ2n) is 3.45. The average molecular weight is 219 g/mol. The molecule has 0 saturated heterocycles. The summed E-state index contributed by atoms with van der Waals surface area (Å²) >= 11 is 0. The summed E-state index contributed by atoms with van der Waals surface area (Å²) in [7, 11) is 0. The van der Waals surface area contributed by atoms with Gasteiger partial charge in [0.15, 0.2) is 6.10 Å². The third kappa shape index (κ3) is 2.51. The van der Waals surface area contributed by atoms with Gasteiger partial charge < -0.3 is 9.84 Å². The van der Waals surface area contributed by atoms with E-state index in [-0.39, 0.29) is 11.3 Å². The number of carboxylic acids is 1. The Bertz CT molecular complexity index is 460. The summed E-state index contributed by atoms with van der Waals surface area (Å²) in [6.07, 6.45) is 4.71. The van der Waals surface area contributed by atoms with Gasteiger partial charge in [-0.2, -0.15) is 0 Å². The van der Waals surface area contributed by atoms with Crippen LogP contribution >= 0.6 is 0 Å².